The standard InChI is InChI=1S/C26H34NO5PS/c1-18-7-8-23(19(2)15-18)33(30,31-6)27(17-20-10-13-32-14-11-20)22-16-21(9-12-26(3,4)5)34-24(22)25(28)29/h7-8,15-16,20H,10-11,13-14,17H2,1-6H3,(H,28,29). The van der Waals surface area contributed by atoms with Crippen LogP contribution in [-0.4, -0.2) is 37.9 Å². The lowest BCUT2D eigenvalue weighted by Gasteiger charge is -2.36. The second-order valence-electron chi connectivity index (χ2n) is 9.76. The highest BCUT2D eigenvalue weighted by atomic mass is 32.1. The number of aromatic carboxylic acids is 1. The van der Waals surface area contributed by atoms with Gasteiger partial charge in [0.25, 0.3) is 0 Å². The maximum atomic E-state index is 14.6. The molecule has 1 N–H and O–H groups in total. The molecule has 8 heteroatoms. The average Bonchev–Trinajstić information content (AvgIpc) is 3.20. The van der Waals surface area contributed by atoms with E-state index in [0.717, 1.165) is 35.3 Å². The highest BCUT2D eigenvalue weighted by Crippen LogP contribution is 2.54. The maximum Gasteiger partial charge on any atom is 0.348 e. The molecule has 184 valence electrons. The molecule has 1 aliphatic heterocycles. The Morgan fingerprint density at radius 3 is 2.50 bits per heavy atom. The van der Waals surface area contributed by atoms with Crippen LogP contribution >= 0.6 is 18.9 Å². The molecule has 1 aromatic carbocycles. The molecule has 0 aliphatic carbocycles. The van der Waals surface area contributed by atoms with E-state index in [1.54, 1.807) is 10.7 Å². The zero-order chi connectivity index (χ0) is 25.1. The second kappa shape index (κ2) is 10.7. The summed E-state index contributed by atoms with van der Waals surface area (Å²) < 4.78 is 27.6. The molecule has 1 fully saturated rings. The maximum absolute atomic E-state index is 14.6. The Bertz CT molecular complexity index is 1150. The lowest BCUT2D eigenvalue weighted by Crippen LogP contribution is -2.35. The Balaban J connectivity index is 2.19. The number of carbonyl (C=O) groups is 1. The summed E-state index contributed by atoms with van der Waals surface area (Å²) in [6.07, 6.45) is 1.63. The lowest BCUT2D eigenvalue weighted by atomic mass is 9.98. The summed E-state index contributed by atoms with van der Waals surface area (Å²) in [5, 5.41) is 10.6. The molecule has 0 radical (unpaired) electrons. The first-order valence-corrected chi connectivity index (χ1v) is 13.8. The van der Waals surface area contributed by atoms with E-state index >= 15 is 0 Å². The Morgan fingerprint density at radius 1 is 1.26 bits per heavy atom. The predicted octanol–water partition coefficient (Wildman–Crippen LogP) is 5.86. The van der Waals surface area contributed by atoms with Crippen molar-refractivity contribution < 1.29 is 23.7 Å². The normalized spacial score (nSPS) is 16.4. The first-order valence-electron chi connectivity index (χ1n) is 11.4. The minimum Gasteiger partial charge on any atom is -0.477 e. The summed E-state index contributed by atoms with van der Waals surface area (Å²) in [6.45, 7) is 11.6. The number of hydrogen-bond donors (Lipinski definition) is 1. The van der Waals surface area contributed by atoms with Gasteiger partial charge in [-0.15, -0.1) is 11.3 Å². The van der Waals surface area contributed by atoms with Crippen molar-refractivity contribution in [1.82, 2.24) is 0 Å². The van der Waals surface area contributed by atoms with Gasteiger partial charge in [-0.1, -0.05) is 29.5 Å². The van der Waals surface area contributed by atoms with Crippen LogP contribution in [0.4, 0.5) is 5.69 Å². The van der Waals surface area contributed by atoms with Crippen LogP contribution in [0, 0.1) is 37.0 Å². The zero-order valence-corrected chi connectivity index (χ0v) is 22.5. The van der Waals surface area contributed by atoms with Gasteiger partial charge in [0.1, 0.15) is 4.88 Å². The van der Waals surface area contributed by atoms with Crippen molar-refractivity contribution in [2.45, 2.75) is 47.5 Å². The van der Waals surface area contributed by atoms with Crippen LogP contribution < -0.4 is 9.97 Å². The highest BCUT2D eigenvalue weighted by Gasteiger charge is 2.39. The first-order chi connectivity index (χ1) is 15.9. The van der Waals surface area contributed by atoms with E-state index in [2.05, 4.69) is 11.8 Å². The van der Waals surface area contributed by atoms with Crippen molar-refractivity contribution in [3.05, 3.63) is 45.1 Å². The lowest BCUT2D eigenvalue weighted by molar-refractivity contribution is 0.0683. The number of benzene rings is 1. The van der Waals surface area contributed by atoms with Crippen LogP contribution in [0.3, 0.4) is 0 Å². The summed E-state index contributed by atoms with van der Waals surface area (Å²) in [5.41, 5.74) is 2.08. The largest absolute Gasteiger partial charge is 0.477 e. The monoisotopic (exact) mass is 503 g/mol. The van der Waals surface area contributed by atoms with Crippen LogP contribution in [0.5, 0.6) is 0 Å². The minimum absolute atomic E-state index is 0.118. The summed E-state index contributed by atoms with van der Waals surface area (Å²) in [7, 11) is -2.19. The Kier molecular flexibility index (Phi) is 8.31. The molecular formula is C26H34NO5PS. The fraction of sp³-hybridized carbons (Fsp3) is 0.500. The van der Waals surface area contributed by atoms with Gasteiger partial charge in [0.15, 0.2) is 0 Å². The molecule has 1 aliphatic rings. The smallest absolute Gasteiger partial charge is 0.348 e. The summed E-state index contributed by atoms with van der Waals surface area (Å²) in [5.74, 6) is 5.42. The van der Waals surface area contributed by atoms with Gasteiger partial charge >= 0.3 is 13.5 Å². The van der Waals surface area contributed by atoms with Crippen molar-refractivity contribution in [2.24, 2.45) is 11.3 Å². The quantitative estimate of drug-likeness (QED) is 0.377. The number of carboxylic acid groups (broad SMARTS) is 1. The third-order valence-corrected chi connectivity index (χ3v) is 9.39. The molecular weight excluding hydrogens is 469 g/mol. The van der Waals surface area contributed by atoms with Crippen molar-refractivity contribution >= 4 is 35.8 Å². The number of aryl methyl sites for hydroxylation is 2. The minimum atomic E-state index is -3.63. The van der Waals surface area contributed by atoms with Crippen molar-refractivity contribution in [1.29, 1.82) is 0 Å². The van der Waals surface area contributed by atoms with Crippen molar-refractivity contribution in [3.8, 4) is 11.8 Å². The molecule has 1 unspecified atom stereocenters. The molecule has 2 aromatic rings. The molecule has 2 heterocycles. The molecule has 6 nitrogen and oxygen atoms in total. The third-order valence-electron chi connectivity index (χ3n) is 5.74. The molecule has 3 rings (SSSR count). The van der Waals surface area contributed by atoms with E-state index in [9.17, 15) is 14.5 Å². The Labute approximate surface area is 206 Å². The summed E-state index contributed by atoms with van der Waals surface area (Å²) in [6, 6.07) is 7.46. The average molecular weight is 504 g/mol. The van der Waals surface area contributed by atoms with Gasteiger partial charge in [-0.25, -0.2) is 4.79 Å². The third kappa shape index (κ3) is 6.12. The first kappa shape index (κ1) is 26.5. The number of thiophene rings is 1. The molecule has 34 heavy (non-hydrogen) atoms. The SMILES string of the molecule is COP(=O)(c1ccc(C)cc1C)N(CC1CCOCC1)c1cc(C#CC(C)(C)C)sc1C(=O)O. The van der Waals surface area contributed by atoms with Gasteiger partial charge in [-0.05, 0) is 71.1 Å². The van der Waals surface area contributed by atoms with Gasteiger partial charge in [0.2, 0.25) is 0 Å². The second-order valence-corrected chi connectivity index (χ2v) is 13.2. The van der Waals surface area contributed by atoms with Crippen molar-refractivity contribution in [2.75, 3.05) is 31.5 Å². The molecule has 0 spiro atoms. The fourth-order valence-electron chi connectivity index (χ4n) is 4.01. The van der Waals surface area contributed by atoms with E-state index in [1.165, 1.54) is 7.11 Å². The van der Waals surface area contributed by atoms with Gasteiger partial charge in [0, 0.05) is 32.3 Å². The predicted molar refractivity (Wildman–Crippen MR) is 139 cm³/mol. The topological polar surface area (TPSA) is 76.1 Å². The van der Waals surface area contributed by atoms with E-state index < -0.39 is 13.5 Å². The van der Waals surface area contributed by atoms with Gasteiger partial charge in [-0.2, -0.15) is 0 Å². The van der Waals surface area contributed by atoms with Crippen LogP contribution in [0.15, 0.2) is 24.3 Å². The van der Waals surface area contributed by atoms with Crippen LogP contribution in [0.1, 0.15) is 59.3 Å². The van der Waals surface area contributed by atoms with Crippen molar-refractivity contribution in [3.63, 3.8) is 0 Å². The molecule has 0 saturated carbocycles. The van der Waals surface area contributed by atoms with E-state index in [0.29, 0.717) is 35.6 Å². The number of hydrogen-bond acceptors (Lipinski definition) is 5. The Hall–Kier alpha value is -2.10. The molecule has 1 atom stereocenters. The molecule has 1 aromatic heterocycles. The number of rotatable bonds is 7. The highest BCUT2D eigenvalue weighted by molar-refractivity contribution is 7.68. The van der Waals surface area contributed by atoms with E-state index in [4.69, 9.17) is 9.26 Å². The van der Waals surface area contributed by atoms with Crippen LogP contribution in [-0.2, 0) is 13.8 Å². The molecule has 0 bridgehead atoms. The summed E-state index contributed by atoms with van der Waals surface area (Å²) in [4.78, 5) is 13.0. The molecule has 1 saturated heterocycles. The van der Waals surface area contributed by atoms with Gasteiger partial charge in [-0.3, -0.25) is 9.24 Å². The fourth-order valence-corrected chi connectivity index (χ4v) is 7.24. The summed E-state index contributed by atoms with van der Waals surface area (Å²) >= 11 is 1.11. The van der Waals surface area contributed by atoms with Gasteiger partial charge in [0.05, 0.1) is 15.9 Å². The van der Waals surface area contributed by atoms with E-state index in [-0.39, 0.29) is 16.2 Å². The number of carboxylic acids is 1. The number of ether oxygens (including phenoxy) is 1. The molecule has 0 amide bonds. The Morgan fingerprint density at radius 2 is 1.94 bits per heavy atom. The van der Waals surface area contributed by atoms with E-state index in [1.807, 2.05) is 52.8 Å². The number of nitrogens with zero attached hydrogens (tertiary/aromatic N) is 1. The number of anilines is 1. The van der Waals surface area contributed by atoms with Crippen LogP contribution in [0.2, 0.25) is 0 Å². The zero-order valence-electron chi connectivity index (χ0n) is 20.8. The van der Waals surface area contributed by atoms with Crippen LogP contribution in [0.25, 0.3) is 0 Å². The van der Waals surface area contributed by atoms with Gasteiger partial charge < -0.3 is 14.4 Å².